The Morgan fingerprint density at radius 3 is 2.04 bits per heavy atom. The number of ether oxygens (including phenoxy) is 2. The van der Waals surface area contributed by atoms with Crippen molar-refractivity contribution in [2.75, 3.05) is 13.2 Å². The summed E-state index contributed by atoms with van der Waals surface area (Å²) in [4.78, 5) is 43.1. The maximum Gasteiger partial charge on any atom is 0.469 e. The van der Waals surface area contributed by atoms with E-state index in [1.54, 1.807) is 24.3 Å². The summed E-state index contributed by atoms with van der Waals surface area (Å²) in [5.41, 5.74) is 0. The Kier molecular flexibility index (Phi) is 28.7. The third-order valence-corrected chi connectivity index (χ3v) is 9.91. The van der Waals surface area contributed by atoms with Crippen LogP contribution in [-0.4, -0.2) is 74.7 Å². The maximum atomic E-state index is 12.4. The minimum absolute atomic E-state index is 0.115. The molecule has 1 aliphatic carbocycles. The highest BCUT2D eigenvalue weighted by molar-refractivity contribution is 7.46. The summed E-state index contributed by atoms with van der Waals surface area (Å²) in [7, 11) is -4.84. The molecule has 0 saturated heterocycles. The smallest absolute Gasteiger partial charge is 0.461 e. The Hall–Kier alpha value is -2.11. The van der Waals surface area contributed by atoms with Gasteiger partial charge in [0.25, 0.3) is 0 Å². The summed E-state index contributed by atoms with van der Waals surface area (Å²) in [6.07, 6.45) is 31.0. The van der Waals surface area contributed by atoms with Crippen molar-refractivity contribution in [3.63, 3.8) is 0 Å². The van der Waals surface area contributed by atoms with Crippen molar-refractivity contribution >= 4 is 19.8 Å². The van der Waals surface area contributed by atoms with E-state index in [-0.39, 0.29) is 31.1 Å². The lowest BCUT2D eigenvalue weighted by Gasteiger charge is -2.19. The zero-order valence-electron chi connectivity index (χ0n) is 32.5. The first kappa shape index (κ1) is 48.9. The predicted octanol–water partition coefficient (Wildman–Crippen LogP) is 8.34. The second kappa shape index (κ2) is 31.1. The zero-order valence-corrected chi connectivity index (χ0v) is 33.4. The van der Waals surface area contributed by atoms with Gasteiger partial charge in [0.2, 0.25) is 0 Å². The second-order valence-corrected chi connectivity index (χ2v) is 15.5. The van der Waals surface area contributed by atoms with Crippen LogP contribution in [0.15, 0.2) is 48.6 Å². The number of aliphatic hydroxyl groups excluding tert-OH is 3. The topological polar surface area (TPSA) is 180 Å². The molecule has 0 spiro atoms. The molecule has 0 bridgehead atoms. The van der Waals surface area contributed by atoms with Gasteiger partial charge in [0, 0.05) is 18.8 Å². The number of allylic oxidation sites excluding steroid dienone is 5. The van der Waals surface area contributed by atoms with Gasteiger partial charge in [-0.1, -0.05) is 127 Å². The molecule has 0 aliphatic heterocycles. The summed E-state index contributed by atoms with van der Waals surface area (Å²) >= 11 is 0. The first-order chi connectivity index (χ1) is 25.5. The van der Waals surface area contributed by atoms with E-state index in [0.717, 1.165) is 57.8 Å². The van der Waals surface area contributed by atoms with Crippen LogP contribution in [0.25, 0.3) is 0 Å². The largest absolute Gasteiger partial charge is 0.469 e. The molecule has 306 valence electrons. The average Bonchev–Trinajstić information content (AvgIpc) is 3.38. The molecule has 0 aromatic heterocycles. The molecule has 0 heterocycles. The number of carbonyl (C=O) groups is 2. The molecular weight excluding hydrogens is 699 g/mol. The highest BCUT2D eigenvalue weighted by Gasteiger charge is 2.39. The Labute approximate surface area is 319 Å². The van der Waals surface area contributed by atoms with Crippen LogP contribution < -0.4 is 0 Å². The number of phosphoric ester groups is 1. The number of hydrogen-bond acceptors (Lipinski definition) is 9. The number of rotatable bonds is 32. The molecule has 1 rings (SSSR count). The number of aliphatic hydroxyl groups is 3. The van der Waals surface area contributed by atoms with Gasteiger partial charge in [0.15, 0.2) is 6.10 Å². The van der Waals surface area contributed by atoms with Gasteiger partial charge in [0.1, 0.15) is 6.61 Å². The van der Waals surface area contributed by atoms with Crippen molar-refractivity contribution in [1.29, 1.82) is 0 Å². The van der Waals surface area contributed by atoms with Gasteiger partial charge in [0.05, 0.1) is 31.3 Å². The molecule has 11 nitrogen and oxygen atoms in total. The van der Waals surface area contributed by atoms with Gasteiger partial charge in [-0.15, -0.1) is 0 Å². The number of esters is 2. The van der Waals surface area contributed by atoms with Crippen molar-refractivity contribution in [3.8, 4) is 0 Å². The third-order valence-electron chi connectivity index (χ3n) is 9.42. The van der Waals surface area contributed by atoms with Gasteiger partial charge in [-0.2, -0.15) is 0 Å². The van der Waals surface area contributed by atoms with E-state index in [0.29, 0.717) is 19.3 Å². The van der Waals surface area contributed by atoms with E-state index in [4.69, 9.17) is 19.3 Å². The highest BCUT2D eigenvalue weighted by atomic mass is 31.2. The van der Waals surface area contributed by atoms with Crippen LogP contribution in [0.1, 0.15) is 149 Å². The van der Waals surface area contributed by atoms with Crippen molar-refractivity contribution in [1.82, 2.24) is 0 Å². The van der Waals surface area contributed by atoms with Crippen LogP contribution in [0.5, 0.6) is 0 Å². The van der Waals surface area contributed by atoms with E-state index in [1.165, 1.54) is 38.5 Å². The summed E-state index contributed by atoms with van der Waals surface area (Å²) in [5, 5.41) is 31.1. The first-order valence-corrected chi connectivity index (χ1v) is 21.7. The third kappa shape index (κ3) is 27.2. The van der Waals surface area contributed by atoms with Crippen molar-refractivity contribution in [2.24, 2.45) is 11.8 Å². The Morgan fingerprint density at radius 1 is 0.755 bits per heavy atom. The van der Waals surface area contributed by atoms with Crippen LogP contribution in [0.4, 0.5) is 0 Å². The highest BCUT2D eigenvalue weighted by Crippen LogP contribution is 2.37. The van der Waals surface area contributed by atoms with Crippen molar-refractivity contribution < 1.29 is 53.3 Å². The zero-order chi connectivity index (χ0) is 39.2. The van der Waals surface area contributed by atoms with E-state index in [2.05, 4.69) is 42.7 Å². The minimum Gasteiger partial charge on any atom is -0.461 e. The lowest BCUT2D eigenvalue weighted by molar-refractivity contribution is -0.160. The van der Waals surface area contributed by atoms with E-state index in [9.17, 15) is 29.5 Å². The van der Waals surface area contributed by atoms with Crippen molar-refractivity contribution in [3.05, 3.63) is 48.6 Å². The molecule has 1 saturated carbocycles. The quantitative estimate of drug-likeness (QED) is 0.0192. The molecule has 0 amide bonds. The molecule has 5 N–H and O–H groups in total. The molecular formula is C41H71O11P. The lowest BCUT2D eigenvalue weighted by atomic mass is 9.89. The van der Waals surface area contributed by atoms with Crippen LogP contribution >= 0.6 is 7.82 Å². The summed E-state index contributed by atoms with van der Waals surface area (Å²) in [6, 6.07) is 0. The Morgan fingerprint density at radius 2 is 1.38 bits per heavy atom. The number of phosphoric acid groups is 1. The van der Waals surface area contributed by atoms with Gasteiger partial charge in [-0.3, -0.25) is 14.1 Å². The average molecular weight is 771 g/mol. The fraction of sp³-hybridized carbons (Fsp3) is 0.756. The van der Waals surface area contributed by atoms with Crippen LogP contribution in [0.3, 0.4) is 0 Å². The van der Waals surface area contributed by atoms with Gasteiger partial charge < -0.3 is 34.6 Å². The van der Waals surface area contributed by atoms with Crippen LogP contribution in [0, 0.1) is 11.8 Å². The van der Waals surface area contributed by atoms with E-state index < -0.39 is 57.4 Å². The van der Waals surface area contributed by atoms with Gasteiger partial charge in [-0.05, 0) is 57.3 Å². The Balaban J connectivity index is 2.34. The van der Waals surface area contributed by atoms with Crippen molar-refractivity contribution in [2.45, 2.75) is 173 Å². The number of hydrogen-bond donors (Lipinski definition) is 5. The normalized spacial score (nSPS) is 20.7. The standard InChI is InChI=1S/C41H71O11P/c1-3-5-7-8-9-10-11-12-13-14-15-16-17-18-19-20-22-28-41(46)52-35(33-51-53(47,48)49)32-50-40(45)27-24-23-26-36-37(39(44)31-38(36)43)30-29-34(42)25-21-6-4-2/h9-10,12-13,23-24,29-30,34-39,42-44H,3-8,11,14-22,25-28,31-33H2,1-2H3,(H2,47,48,49)/b10-9-,13-12-,24-23-,30-29+/t34-,35-,36+,37-,38+,39-/m1/s1. The molecule has 0 aromatic rings. The number of unbranched alkanes of at least 4 members (excludes halogenated alkanes) is 12. The van der Waals surface area contributed by atoms with Crippen LogP contribution in [0.2, 0.25) is 0 Å². The summed E-state index contributed by atoms with van der Waals surface area (Å²) in [5.74, 6) is -1.80. The lowest BCUT2D eigenvalue weighted by Crippen LogP contribution is -2.29. The molecule has 53 heavy (non-hydrogen) atoms. The molecule has 0 unspecified atom stereocenters. The monoisotopic (exact) mass is 770 g/mol. The Bertz CT molecular complexity index is 1120. The summed E-state index contributed by atoms with van der Waals surface area (Å²) in [6.45, 7) is 3.25. The summed E-state index contributed by atoms with van der Waals surface area (Å²) < 4.78 is 26.3. The SMILES string of the molecule is CCCCC/C=C\C/C=C\CCCCCCCCCC(=O)O[C@H](COC(=O)C/C=C\C[C@H]1[C@@H](/C=C/[C@H](O)CCCCC)[C@H](O)C[C@@H]1O)COP(=O)(O)O. The fourth-order valence-electron chi connectivity index (χ4n) is 6.32. The van der Waals surface area contributed by atoms with E-state index >= 15 is 0 Å². The molecule has 0 radical (unpaired) electrons. The van der Waals surface area contributed by atoms with Crippen LogP contribution in [-0.2, 0) is 28.2 Å². The number of carbonyl (C=O) groups excluding carboxylic acids is 2. The van der Waals surface area contributed by atoms with Gasteiger partial charge >= 0.3 is 19.8 Å². The minimum atomic E-state index is -4.84. The molecule has 0 aromatic carbocycles. The molecule has 1 fully saturated rings. The maximum absolute atomic E-state index is 12.4. The molecule has 6 atom stereocenters. The molecule has 1 aliphatic rings. The fourth-order valence-corrected chi connectivity index (χ4v) is 6.68. The predicted molar refractivity (Wildman–Crippen MR) is 209 cm³/mol. The first-order valence-electron chi connectivity index (χ1n) is 20.2. The second-order valence-electron chi connectivity index (χ2n) is 14.2. The molecule has 12 heteroatoms. The van der Waals surface area contributed by atoms with Gasteiger partial charge in [-0.25, -0.2) is 4.57 Å². The van der Waals surface area contributed by atoms with E-state index in [1.807, 2.05) is 0 Å².